The van der Waals surface area contributed by atoms with Crippen molar-refractivity contribution in [1.82, 2.24) is 0 Å². The first-order valence-electron chi connectivity index (χ1n) is 5.73. The normalized spacial score (nSPS) is 10.0. The molecule has 2 aromatic rings. The molecule has 0 aliphatic heterocycles. The van der Waals surface area contributed by atoms with E-state index in [-0.39, 0.29) is 16.3 Å². The lowest BCUT2D eigenvalue weighted by Gasteiger charge is -2.11. The Morgan fingerprint density at radius 2 is 1.86 bits per heavy atom. The van der Waals surface area contributed by atoms with E-state index in [0.717, 1.165) is 0 Å². The average molecular weight is 371 g/mol. The molecular formula is C14H9BrClNO4. The van der Waals surface area contributed by atoms with Crippen LogP contribution in [0.5, 0.6) is 5.75 Å². The Morgan fingerprint density at radius 3 is 2.48 bits per heavy atom. The molecule has 0 saturated carbocycles. The van der Waals surface area contributed by atoms with E-state index in [1.54, 1.807) is 30.3 Å². The summed E-state index contributed by atoms with van der Waals surface area (Å²) >= 11 is 8.96. The van der Waals surface area contributed by atoms with Crippen molar-refractivity contribution in [2.75, 3.05) is 5.32 Å². The molecule has 2 rings (SSSR count). The van der Waals surface area contributed by atoms with Crippen LogP contribution in [0.3, 0.4) is 0 Å². The Hall–Kier alpha value is -2.05. The summed E-state index contributed by atoms with van der Waals surface area (Å²) in [5, 5.41) is 11.8. The summed E-state index contributed by atoms with van der Waals surface area (Å²) < 4.78 is 5.39. The average Bonchev–Trinajstić information content (AvgIpc) is 2.42. The maximum atomic E-state index is 11.8. The number of rotatable bonds is 3. The topological polar surface area (TPSA) is 75.6 Å². The zero-order valence-electron chi connectivity index (χ0n) is 10.5. The number of aromatic carboxylic acids is 1. The van der Waals surface area contributed by atoms with Gasteiger partial charge in [-0.05, 0) is 40.2 Å². The van der Waals surface area contributed by atoms with E-state index in [4.69, 9.17) is 21.4 Å². The second-order valence-electron chi connectivity index (χ2n) is 3.94. The highest BCUT2D eigenvalue weighted by Gasteiger charge is 2.17. The number of benzene rings is 2. The van der Waals surface area contributed by atoms with Gasteiger partial charge in [-0.2, -0.15) is 0 Å². The molecule has 0 radical (unpaired) electrons. The van der Waals surface area contributed by atoms with Crippen molar-refractivity contribution in [2.45, 2.75) is 0 Å². The summed E-state index contributed by atoms with van der Waals surface area (Å²) in [6, 6.07) is 11.1. The summed E-state index contributed by atoms with van der Waals surface area (Å²) in [5.74, 6) is -0.870. The molecule has 0 heterocycles. The van der Waals surface area contributed by atoms with Gasteiger partial charge in [0.25, 0.3) is 0 Å². The van der Waals surface area contributed by atoms with Crippen LogP contribution in [0.15, 0.2) is 46.9 Å². The fourth-order valence-electron chi connectivity index (χ4n) is 1.59. The zero-order chi connectivity index (χ0) is 15.4. The number of anilines is 1. The number of carbonyl (C=O) groups is 2. The quantitative estimate of drug-likeness (QED) is 0.839. The molecule has 5 nitrogen and oxygen atoms in total. The second-order valence-corrected chi connectivity index (χ2v) is 5.23. The van der Waals surface area contributed by atoms with Gasteiger partial charge in [-0.25, -0.2) is 9.59 Å². The predicted molar refractivity (Wildman–Crippen MR) is 82.2 cm³/mol. The summed E-state index contributed by atoms with van der Waals surface area (Å²) in [6.07, 6.45) is -0.799. The first-order chi connectivity index (χ1) is 9.97. The molecule has 0 aromatic heterocycles. The van der Waals surface area contributed by atoms with Crippen LogP contribution in [0.1, 0.15) is 10.4 Å². The van der Waals surface area contributed by atoms with Crippen molar-refractivity contribution in [3.05, 3.63) is 57.5 Å². The Morgan fingerprint density at radius 1 is 1.19 bits per heavy atom. The molecular weight excluding hydrogens is 362 g/mol. The number of hydrogen-bond donors (Lipinski definition) is 2. The number of carboxylic acids is 1. The van der Waals surface area contributed by atoms with Crippen molar-refractivity contribution in [2.24, 2.45) is 0 Å². The number of para-hydroxylation sites is 1. The fourth-order valence-corrected chi connectivity index (χ4v) is 2.50. The molecule has 7 heteroatoms. The zero-order valence-corrected chi connectivity index (χ0v) is 12.8. The molecule has 0 spiro atoms. The molecule has 108 valence electrons. The molecule has 0 aliphatic carbocycles. The van der Waals surface area contributed by atoms with Crippen molar-refractivity contribution in [3.63, 3.8) is 0 Å². The van der Waals surface area contributed by atoms with Crippen LogP contribution in [0.4, 0.5) is 10.5 Å². The highest BCUT2D eigenvalue weighted by Crippen LogP contribution is 2.31. The van der Waals surface area contributed by atoms with Gasteiger partial charge in [-0.3, -0.25) is 5.32 Å². The van der Waals surface area contributed by atoms with Crippen LogP contribution in [0, 0.1) is 0 Å². The van der Waals surface area contributed by atoms with E-state index in [1.165, 1.54) is 12.1 Å². The van der Waals surface area contributed by atoms with Gasteiger partial charge < -0.3 is 9.84 Å². The maximum absolute atomic E-state index is 11.8. The highest BCUT2D eigenvalue weighted by molar-refractivity contribution is 9.10. The van der Waals surface area contributed by atoms with E-state index in [2.05, 4.69) is 21.2 Å². The van der Waals surface area contributed by atoms with Crippen molar-refractivity contribution in [1.29, 1.82) is 0 Å². The minimum atomic E-state index is -1.21. The van der Waals surface area contributed by atoms with E-state index in [0.29, 0.717) is 10.2 Å². The van der Waals surface area contributed by atoms with E-state index < -0.39 is 12.1 Å². The van der Waals surface area contributed by atoms with Crippen LogP contribution in [0.2, 0.25) is 5.02 Å². The monoisotopic (exact) mass is 369 g/mol. The smallest absolute Gasteiger partial charge is 0.417 e. The maximum Gasteiger partial charge on any atom is 0.417 e. The Labute approximate surface area is 133 Å². The summed E-state index contributed by atoms with van der Waals surface area (Å²) in [7, 11) is 0. The standard InChI is InChI=1S/C14H9BrClNO4/c15-11-7-8(16)6-10(13(18)19)12(11)17-14(20)21-9-4-2-1-3-5-9/h1-7H,(H,17,20)(H,18,19). The van der Waals surface area contributed by atoms with Crippen LogP contribution >= 0.6 is 27.5 Å². The Kier molecular flexibility index (Phi) is 4.82. The van der Waals surface area contributed by atoms with Crippen molar-refractivity contribution >= 4 is 45.3 Å². The number of ether oxygens (including phenoxy) is 1. The molecule has 0 fully saturated rings. The first-order valence-corrected chi connectivity index (χ1v) is 6.90. The van der Waals surface area contributed by atoms with Gasteiger partial charge >= 0.3 is 12.1 Å². The van der Waals surface area contributed by atoms with Gasteiger partial charge in [0, 0.05) is 9.50 Å². The summed E-state index contributed by atoms with van der Waals surface area (Å²) in [4.78, 5) is 23.0. The SMILES string of the molecule is O=C(Nc1c(Br)cc(Cl)cc1C(=O)O)Oc1ccccc1. The molecule has 21 heavy (non-hydrogen) atoms. The third-order valence-electron chi connectivity index (χ3n) is 2.47. The fraction of sp³-hybridized carbons (Fsp3) is 0. The lowest BCUT2D eigenvalue weighted by molar-refractivity contribution is 0.0698. The van der Waals surface area contributed by atoms with Gasteiger partial charge in [-0.15, -0.1) is 0 Å². The third-order valence-corrected chi connectivity index (χ3v) is 3.31. The van der Waals surface area contributed by atoms with Crippen LogP contribution in [-0.2, 0) is 0 Å². The molecule has 2 aromatic carbocycles. The van der Waals surface area contributed by atoms with Gasteiger partial charge in [0.15, 0.2) is 0 Å². The van der Waals surface area contributed by atoms with Crippen molar-refractivity contribution in [3.8, 4) is 5.75 Å². The number of carbonyl (C=O) groups excluding carboxylic acids is 1. The molecule has 0 bridgehead atoms. The second kappa shape index (κ2) is 6.60. The van der Waals surface area contributed by atoms with Gasteiger partial charge in [0.2, 0.25) is 0 Å². The lowest BCUT2D eigenvalue weighted by atomic mass is 10.2. The number of nitrogens with one attached hydrogen (secondary N) is 1. The summed E-state index contributed by atoms with van der Waals surface area (Å²) in [6.45, 7) is 0. The van der Waals surface area contributed by atoms with E-state index >= 15 is 0 Å². The van der Waals surface area contributed by atoms with Crippen LogP contribution in [-0.4, -0.2) is 17.2 Å². The molecule has 0 aliphatic rings. The van der Waals surface area contributed by atoms with Gasteiger partial charge in [-0.1, -0.05) is 29.8 Å². The molecule has 0 unspecified atom stereocenters. The largest absolute Gasteiger partial charge is 0.478 e. The molecule has 2 N–H and O–H groups in total. The van der Waals surface area contributed by atoms with Gasteiger partial charge in [0.1, 0.15) is 5.75 Å². The highest BCUT2D eigenvalue weighted by atomic mass is 79.9. The first kappa shape index (κ1) is 15.3. The lowest BCUT2D eigenvalue weighted by Crippen LogP contribution is -2.19. The third kappa shape index (κ3) is 3.96. The van der Waals surface area contributed by atoms with E-state index in [9.17, 15) is 9.59 Å². The summed E-state index contributed by atoms with van der Waals surface area (Å²) in [5.41, 5.74) is -0.0628. The predicted octanol–water partition coefficient (Wildman–Crippen LogP) is 4.41. The van der Waals surface area contributed by atoms with Crippen molar-refractivity contribution < 1.29 is 19.4 Å². The molecule has 0 saturated heterocycles. The minimum Gasteiger partial charge on any atom is -0.478 e. The number of carboxylic acid groups (broad SMARTS) is 1. The molecule has 1 amide bonds. The minimum absolute atomic E-state index is 0.0767. The number of amides is 1. The number of halogens is 2. The Balaban J connectivity index is 2.23. The van der Waals surface area contributed by atoms with Gasteiger partial charge in [0.05, 0.1) is 11.3 Å². The van der Waals surface area contributed by atoms with Crippen LogP contribution < -0.4 is 10.1 Å². The van der Waals surface area contributed by atoms with Crippen LogP contribution in [0.25, 0.3) is 0 Å². The Bertz CT molecular complexity index is 691. The number of hydrogen-bond acceptors (Lipinski definition) is 3. The van der Waals surface area contributed by atoms with E-state index in [1.807, 2.05) is 0 Å². The molecule has 0 atom stereocenters.